The van der Waals surface area contributed by atoms with Gasteiger partial charge in [0.2, 0.25) is 0 Å². The van der Waals surface area contributed by atoms with Crippen LogP contribution < -0.4 is 5.32 Å². The molecule has 0 aromatic carbocycles. The average molecular weight is 296 g/mol. The van der Waals surface area contributed by atoms with Gasteiger partial charge in [0.15, 0.2) is 0 Å². The monoisotopic (exact) mass is 296 g/mol. The molecule has 0 unspecified atom stereocenters. The molecule has 114 valence electrons. The molecule has 3 aromatic heterocycles. The van der Waals surface area contributed by atoms with Crippen LogP contribution in [0.1, 0.15) is 36.6 Å². The lowest BCUT2D eigenvalue weighted by Gasteiger charge is -2.07. The number of aryl methyl sites for hydroxylation is 1. The van der Waals surface area contributed by atoms with Gasteiger partial charge in [0.1, 0.15) is 11.6 Å². The number of aromatic amines is 1. The number of nitrogens with zero attached hydrogens (tertiary/aromatic N) is 4. The second kappa shape index (κ2) is 5.88. The summed E-state index contributed by atoms with van der Waals surface area (Å²) in [7, 11) is 0. The zero-order chi connectivity index (χ0) is 14.8. The van der Waals surface area contributed by atoms with Crippen molar-refractivity contribution in [2.24, 2.45) is 0 Å². The Bertz CT molecular complexity index is 739. The van der Waals surface area contributed by atoms with Crippen molar-refractivity contribution < 1.29 is 0 Å². The predicted molar refractivity (Wildman–Crippen MR) is 84.2 cm³/mol. The highest BCUT2D eigenvalue weighted by Gasteiger charge is 2.14. The van der Waals surface area contributed by atoms with Crippen LogP contribution in [0.4, 0.5) is 0 Å². The Labute approximate surface area is 129 Å². The van der Waals surface area contributed by atoms with E-state index in [1.807, 2.05) is 18.5 Å². The molecule has 0 radical (unpaired) electrons. The van der Waals surface area contributed by atoms with Crippen LogP contribution in [0.15, 0.2) is 24.5 Å². The third kappa shape index (κ3) is 2.62. The quantitative estimate of drug-likeness (QED) is 0.774. The van der Waals surface area contributed by atoms with Crippen LogP contribution in [0.3, 0.4) is 0 Å². The largest absolute Gasteiger partial charge is 0.357 e. The van der Waals surface area contributed by atoms with Gasteiger partial charge in [-0.3, -0.25) is 4.98 Å². The number of rotatable bonds is 4. The van der Waals surface area contributed by atoms with Crippen molar-refractivity contribution in [2.45, 2.75) is 45.3 Å². The van der Waals surface area contributed by atoms with Gasteiger partial charge in [-0.1, -0.05) is 6.42 Å². The van der Waals surface area contributed by atoms with Gasteiger partial charge in [0.05, 0.1) is 6.54 Å². The minimum atomic E-state index is 0.751. The van der Waals surface area contributed by atoms with E-state index in [0.29, 0.717) is 0 Å². The first-order chi connectivity index (χ1) is 10.9. The Morgan fingerprint density at radius 3 is 3.14 bits per heavy atom. The first-order valence-corrected chi connectivity index (χ1v) is 7.93. The summed E-state index contributed by atoms with van der Waals surface area (Å²) >= 11 is 0. The van der Waals surface area contributed by atoms with E-state index >= 15 is 0 Å². The average Bonchev–Trinajstić information content (AvgIpc) is 3.04. The molecule has 4 rings (SSSR count). The van der Waals surface area contributed by atoms with Crippen molar-refractivity contribution in [2.75, 3.05) is 0 Å². The van der Waals surface area contributed by atoms with Gasteiger partial charge in [-0.05, 0) is 25.0 Å². The number of H-pyrrole nitrogens is 1. The maximum atomic E-state index is 4.34. The zero-order valence-corrected chi connectivity index (χ0v) is 12.5. The van der Waals surface area contributed by atoms with Crippen LogP contribution in [0, 0.1) is 0 Å². The molecular formula is C16H20N6. The molecule has 6 nitrogen and oxygen atoms in total. The second-order valence-corrected chi connectivity index (χ2v) is 5.86. The molecule has 0 amide bonds. The van der Waals surface area contributed by atoms with Crippen LogP contribution in [0.5, 0.6) is 0 Å². The van der Waals surface area contributed by atoms with Gasteiger partial charge in [0, 0.05) is 48.5 Å². The fourth-order valence-corrected chi connectivity index (χ4v) is 3.11. The Morgan fingerprint density at radius 1 is 1.18 bits per heavy atom. The second-order valence-electron chi connectivity index (χ2n) is 5.86. The minimum absolute atomic E-state index is 0.751. The molecule has 0 bridgehead atoms. The van der Waals surface area contributed by atoms with Crippen LogP contribution in [-0.2, 0) is 26.1 Å². The molecule has 2 N–H and O–H groups in total. The van der Waals surface area contributed by atoms with Crippen molar-refractivity contribution >= 4 is 10.9 Å². The van der Waals surface area contributed by atoms with Crippen molar-refractivity contribution in [1.29, 1.82) is 0 Å². The number of nitrogens with one attached hydrogen (secondary N) is 2. The molecular weight excluding hydrogens is 276 g/mol. The molecule has 0 fully saturated rings. The van der Waals surface area contributed by atoms with Crippen LogP contribution in [-0.4, -0.2) is 24.7 Å². The summed E-state index contributed by atoms with van der Waals surface area (Å²) in [6.45, 7) is 2.59. The van der Waals surface area contributed by atoms with Crippen molar-refractivity contribution in [3.8, 4) is 0 Å². The third-order valence-electron chi connectivity index (χ3n) is 4.26. The molecule has 4 heterocycles. The fourth-order valence-electron chi connectivity index (χ4n) is 3.11. The van der Waals surface area contributed by atoms with Crippen molar-refractivity contribution in [3.63, 3.8) is 0 Å². The maximum Gasteiger partial charge on any atom is 0.147 e. The standard InChI is InChI=1S/C16H20N6/c1-2-4-15-20-21-16(22(15)7-3-1)11-18-10-13-8-12-9-17-6-5-14(12)19-13/h5-6,8-9,18-19H,1-4,7,10-11H2. The SMILES string of the molecule is c1cc2[nH]c(CNCc3nnc4n3CCCCC4)cc2cn1. The number of pyridine rings is 1. The molecule has 22 heavy (non-hydrogen) atoms. The van der Waals surface area contributed by atoms with Crippen molar-refractivity contribution in [1.82, 2.24) is 30.0 Å². The number of fused-ring (bicyclic) bond motifs is 2. The number of hydrogen-bond donors (Lipinski definition) is 2. The summed E-state index contributed by atoms with van der Waals surface area (Å²) < 4.78 is 2.29. The van der Waals surface area contributed by atoms with Gasteiger partial charge >= 0.3 is 0 Å². The topological polar surface area (TPSA) is 71.4 Å². The molecule has 0 atom stereocenters. The van der Waals surface area contributed by atoms with Gasteiger partial charge in [-0.15, -0.1) is 10.2 Å². The van der Waals surface area contributed by atoms with E-state index in [-0.39, 0.29) is 0 Å². The first kappa shape index (κ1) is 13.5. The summed E-state index contributed by atoms with van der Waals surface area (Å²) in [5.74, 6) is 2.20. The summed E-state index contributed by atoms with van der Waals surface area (Å²) in [6.07, 6.45) is 8.50. The summed E-state index contributed by atoms with van der Waals surface area (Å²) in [4.78, 5) is 7.54. The molecule has 1 aliphatic rings. The minimum Gasteiger partial charge on any atom is -0.357 e. The van der Waals surface area contributed by atoms with Crippen LogP contribution in [0.2, 0.25) is 0 Å². The van der Waals surface area contributed by atoms with Gasteiger partial charge in [0.25, 0.3) is 0 Å². The van der Waals surface area contributed by atoms with E-state index in [4.69, 9.17) is 0 Å². The van der Waals surface area contributed by atoms with E-state index < -0.39 is 0 Å². The zero-order valence-electron chi connectivity index (χ0n) is 12.5. The first-order valence-electron chi connectivity index (χ1n) is 7.93. The van der Waals surface area contributed by atoms with E-state index in [9.17, 15) is 0 Å². The predicted octanol–water partition coefficient (Wildman–Crippen LogP) is 2.17. The number of aromatic nitrogens is 5. The highest BCUT2D eigenvalue weighted by molar-refractivity contribution is 5.79. The van der Waals surface area contributed by atoms with Gasteiger partial charge in [-0.2, -0.15) is 0 Å². The summed E-state index contributed by atoms with van der Waals surface area (Å²) in [5, 5.41) is 13.3. The van der Waals surface area contributed by atoms with Crippen molar-refractivity contribution in [3.05, 3.63) is 41.9 Å². The summed E-state index contributed by atoms with van der Waals surface area (Å²) in [6, 6.07) is 4.14. The van der Waals surface area contributed by atoms with E-state index in [0.717, 1.165) is 48.6 Å². The smallest absolute Gasteiger partial charge is 0.147 e. The van der Waals surface area contributed by atoms with Crippen LogP contribution >= 0.6 is 0 Å². The Balaban J connectivity index is 1.41. The van der Waals surface area contributed by atoms with E-state index in [1.165, 1.54) is 25.0 Å². The highest BCUT2D eigenvalue weighted by atomic mass is 15.3. The maximum absolute atomic E-state index is 4.34. The van der Waals surface area contributed by atoms with Crippen LogP contribution in [0.25, 0.3) is 10.9 Å². The van der Waals surface area contributed by atoms with E-state index in [2.05, 4.69) is 36.1 Å². The highest BCUT2D eigenvalue weighted by Crippen LogP contribution is 2.15. The Kier molecular flexibility index (Phi) is 3.60. The third-order valence-corrected chi connectivity index (χ3v) is 4.26. The molecule has 3 aromatic rings. The lowest BCUT2D eigenvalue weighted by atomic mass is 10.2. The lowest BCUT2D eigenvalue weighted by molar-refractivity contribution is 0.570. The molecule has 0 spiro atoms. The molecule has 0 saturated carbocycles. The molecule has 0 aliphatic carbocycles. The Morgan fingerprint density at radius 2 is 2.18 bits per heavy atom. The van der Waals surface area contributed by atoms with E-state index in [1.54, 1.807) is 0 Å². The molecule has 1 aliphatic heterocycles. The molecule has 6 heteroatoms. The number of hydrogen-bond acceptors (Lipinski definition) is 4. The summed E-state index contributed by atoms with van der Waals surface area (Å²) in [5.41, 5.74) is 2.29. The molecule has 0 saturated heterocycles. The lowest BCUT2D eigenvalue weighted by Crippen LogP contribution is -2.17. The van der Waals surface area contributed by atoms with Gasteiger partial charge in [-0.25, -0.2) is 0 Å². The Hall–Kier alpha value is -2.21. The fraction of sp³-hybridized carbons (Fsp3) is 0.438. The van der Waals surface area contributed by atoms with Gasteiger partial charge < -0.3 is 14.9 Å². The normalized spacial score (nSPS) is 14.9.